The Labute approximate surface area is 152 Å². The number of benzene rings is 2. The van der Waals surface area contributed by atoms with Crippen LogP contribution in [0.25, 0.3) is 0 Å². The highest BCUT2D eigenvalue weighted by Gasteiger charge is 2.28. The van der Waals surface area contributed by atoms with E-state index in [0.717, 1.165) is 22.4 Å². The maximum atomic E-state index is 12.7. The van der Waals surface area contributed by atoms with E-state index in [0.29, 0.717) is 18.6 Å². The van der Waals surface area contributed by atoms with Gasteiger partial charge in [-0.1, -0.05) is 29.8 Å². The molecule has 1 aliphatic heterocycles. The molecule has 26 heavy (non-hydrogen) atoms. The first-order valence-corrected chi connectivity index (χ1v) is 9.81. The van der Waals surface area contributed by atoms with Crippen LogP contribution in [0.1, 0.15) is 34.7 Å². The Hall–Kier alpha value is -2.38. The zero-order valence-corrected chi connectivity index (χ0v) is 15.5. The van der Waals surface area contributed by atoms with Crippen LogP contribution in [-0.4, -0.2) is 26.1 Å². The first kappa shape index (κ1) is 18.4. The Bertz CT molecular complexity index is 935. The number of rotatable bonds is 5. The van der Waals surface area contributed by atoms with Gasteiger partial charge in [-0.15, -0.1) is 0 Å². The molecule has 6 nitrogen and oxygen atoms in total. The van der Waals surface area contributed by atoms with E-state index in [1.54, 1.807) is 0 Å². The van der Waals surface area contributed by atoms with E-state index in [9.17, 15) is 13.2 Å². The van der Waals surface area contributed by atoms with Gasteiger partial charge in [-0.3, -0.25) is 4.79 Å². The number of hydrogen-bond acceptors (Lipinski definition) is 4. The number of aryl methyl sites for hydroxylation is 2. The van der Waals surface area contributed by atoms with Gasteiger partial charge in [0, 0.05) is 12.0 Å². The van der Waals surface area contributed by atoms with Gasteiger partial charge in [-0.25, -0.2) is 13.1 Å². The van der Waals surface area contributed by atoms with Crippen LogP contribution in [0.5, 0.6) is 5.75 Å². The normalized spacial score (nSPS) is 16.6. The van der Waals surface area contributed by atoms with E-state index in [2.05, 4.69) is 4.72 Å². The quantitative estimate of drug-likeness (QED) is 0.838. The zero-order chi connectivity index (χ0) is 18.9. The third-order valence-electron chi connectivity index (χ3n) is 4.36. The van der Waals surface area contributed by atoms with Crippen molar-refractivity contribution in [3.05, 3.63) is 58.7 Å². The first-order chi connectivity index (χ1) is 12.3. The van der Waals surface area contributed by atoms with Gasteiger partial charge in [-0.2, -0.15) is 0 Å². The number of carboxylic acid groups (broad SMARTS) is 1. The molecule has 0 aromatic heterocycles. The molecule has 0 aliphatic carbocycles. The van der Waals surface area contributed by atoms with Crippen LogP contribution < -0.4 is 9.46 Å². The van der Waals surface area contributed by atoms with Gasteiger partial charge in [-0.05, 0) is 37.1 Å². The van der Waals surface area contributed by atoms with Crippen molar-refractivity contribution in [3.63, 3.8) is 0 Å². The molecular formula is C19H21NO5S. The number of nitrogens with one attached hydrogen (secondary N) is 1. The van der Waals surface area contributed by atoms with E-state index in [1.807, 2.05) is 26.0 Å². The van der Waals surface area contributed by atoms with Gasteiger partial charge in [0.05, 0.1) is 24.0 Å². The van der Waals surface area contributed by atoms with Crippen molar-refractivity contribution >= 4 is 16.0 Å². The second-order valence-corrected chi connectivity index (χ2v) is 8.24. The van der Waals surface area contributed by atoms with Crippen LogP contribution in [0.3, 0.4) is 0 Å². The Morgan fingerprint density at radius 1 is 1.23 bits per heavy atom. The molecule has 0 bridgehead atoms. The molecular weight excluding hydrogens is 354 g/mol. The molecule has 2 aromatic carbocycles. The Morgan fingerprint density at radius 2 is 1.92 bits per heavy atom. The number of carbonyl (C=O) groups is 1. The molecule has 0 saturated heterocycles. The molecule has 2 aromatic rings. The third kappa shape index (κ3) is 3.89. The maximum Gasteiger partial charge on any atom is 0.307 e. The molecule has 1 heterocycles. The molecule has 1 aliphatic rings. The number of hydrogen-bond donors (Lipinski definition) is 2. The summed E-state index contributed by atoms with van der Waals surface area (Å²) in [5, 5.41) is 8.81. The van der Waals surface area contributed by atoms with Crippen molar-refractivity contribution in [2.45, 2.75) is 37.6 Å². The fourth-order valence-electron chi connectivity index (χ4n) is 3.22. The summed E-state index contributed by atoms with van der Waals surface area (Å²) in [6, 6.07) is 9.51. The van der Waals surface area contributed by atoms with Crippen molar-refractivity contribution < 1.29 is 23.1 Å². The summed E-state index contributed by atoms with van der Waals surface area (Å²) >= 11 is 0. The minimum atomic E-state index is -3.73. The van der Waals surface area contributed by atoms with Crippen LogP contribution in [0.4, 0.5) is 0 Å². The fraction of sp³-hybridized carbons (Fsp3) is 0.316. The molecule has 0 amide bonds. The van der Waals surface area contributed by atoms with E-state index < -0.39 is 16.0 Å². The molecule has 138 valence electrons. The number of aliphatic carboxylic acids is 1. The van der Waals surface area contributed by atoms with Crippen molar-refractivity contribution in [3.8, 4) is 5.75 Å². The van der Waals surface area contributed by atoms with Crippen molar-refractivity contribution in [2.75, 3.05) is 6.61 Å². The summed E-state index contributed by atoms with van der Waals surface area (Å²) in [7, 11) is -3.73. The number of ether oxygens (including phenoxy) is 1. The van der Waals surface area contributed by atoms with Crippen LogP contribution >= 0.6 is 0 Å². The summed E-state index contributed by atoms with van der Waals surface area (Å²) in [4.78, 5) is 10.9. The maximum absolute atomic E-state index is 12.7. The lowest BCUT2D eigenvalue weighted by Gasteiger charge is -2.28. The molecule has 0 radical (unpaired) electrons. The van der Waals surface area contributed by atoms with Crippen LogP contribution in [0, 0.1) is 13.8 Å². The molecule has 7 heteroatoms. The summed E-state index contributed by atoms with van der Waals surface area (Å²) in [6.07, 6.45) is 0.409. The lowest BCUT2D eigenvalue weighted by molar-refractivity contribution is -0.136. The monoisotopic (exact) mass is 375 g/mol. The Morgan fingerprint density at radius 3 is 2.58 bits per heavy atom. The largest absolute Gasteiger partial charge is 0.493 e. The van der Waals surface area contributed by atoms with Crippen molar-refractivity contribution in [1.29, 1.82) is 0 Å². The summed E-state index contributed by atoms with van der Waals surface area (Å²) in [5.41, 5.74) is 3.44. The van der Waals surface area contributed by atoms with Crippen LogP contribution in [0.2, 0.25) is 0 Å². The van der Waals surface area contributed by atoms with Gasteiger partial charge >= 0.3 is 5.97 Å². The first-order valence-electron chi connectivity index (χ1n) is 8.33. The number of carboxylic acids is 1. The third-order valence-corrected chi connectivity index (χ3v) is 5.85. The molecule has 0 unspecified atom stereocenters. The molecule has 0 spiro atoms. The predicted octanol–water partition coefficient (Wildman–Crippen LogP) is 2.73. The summed E-state index contributed by atoms with van der Waals surface area (Å²) < 4.78 is 34.0. The fourth-order valence-corrected chi connectivity index (χ4v) is 4.47. The lowest BCUT2D eigenvalue weighted by Crippen LogP contribution is -2.32. The van der Waals surface area contributed by atoms with Crippen molar-refractivity contribution in [2.24, 2.45) is 0 Å². The van der Waals surface area contributed by atoms with Gasteiger partial charge in [0.25, 0.3) is 0 Å². The highest BCUT2D eigenvalue weighted by atomic mass is 32.2. The van der Waals surface area contributed by atoms with Gasteiger partial charge in [0.1, 0.15) is 5.75 Å². The second-order valence-electron chi connectivity index (χ2n) is 6.53. The average Bonchev–Trinajstić information content (AvgIpc) is 2.55. The summed E-state index contributed by atoms with van der Waals surface area (Å²) in [6.45, 7) is 4.36. The van der Waals surface area contributed by atoms with E-state index in [-0.39, 0.29) is 17.4 Å². The zero-order valence-electron chi connectivity index (χ0n) is 14.7. The second kappa shape index (κ2) is 7.09. The van der Waals surface area contributed by atoms with Gasteiger partial charge in [0.15, 0.2) is 0 Å². The molecule has 3 rings (SSSR count). The van der Waals surface area contributed by atoms with E-state index in [1.165, 1.54) is 24.3 Å². The number of sulfonamides is 1. The standard InChI is InChI=1S/C19H21NO5S/c1-12-9-13(2)19-16(10-12)17(7-8-25-19)20-26(23,24)15-5-3-14(4-6-15)11-18(21)22/h3-6,9-10,17,20H,7-8,11H2,1-2H3,(H,21,22)/t17-/m0/s1. The van der Waals surface area contributed by atoms with E-state index in [4.69, 9.17) is 9.84 Å². The molecule has 1 atom stereocenters. The SMILES string of the molecule is Cc1cc(C)c2c(c1)[C@@H](NS(=O)(=O)c1ccc(CC(=O)O)cc1)CCO2. The summed E-state index contributed by atoms with van der Waals surface area (Å²) in [5.74, 6) is -0.213. The predicted molar refractivity (Wildman–Crippen MR) is 96.9 cm³/mol. The minimum Gasteiger partial charge on any atom is -0.493 e. The molecule has 2 N–H and O–H groups in total. The Kier molecular flexibility index (Phi) is 5.02. The average molecular weight is 375 g/mol. The van der Waals surface area contributed by atoms with Gasteiger partial charge < -0.3 is 9.84 Å². The Balaban J connectivity index is 1.86. The topological polar surface area (TPSA) is 92.7 Å². The minimum absolute atomic E-state index is 0.115. The van der Waals surface area contributed by atoms with Crippen LogP contribution in [0.15, 0.2) is 41.3 Å². The van der Waals surface area contributed by atoms with Gasteiger partial charge in [0.2, 0.25) is 10.0 Å². The highest BCUT2D eigenvalue weighted by Crippen LogP contribution is 2.36. The lowest BCUT2D eigenvalue weighted by atomic mass is 9.96. The smallest absolute Gasteiger partial charge is 0.307 e. The molecule has 0 fully saturated rings. The molecule has 0 saturated carbocycles. The number of fused-ring (bicyclic) bond motifs is 1. The highest BCUT2D eigenvalue weighted by molar-refractivity contribution is 7.89. The van der Waals surface area contributed by atoms with E-state index >= 15 is 0 Å². The van der Waals surface area contributed by atoms with Crippen molar-refractivity contribution in [1.82, 2.24) is 4.72 Å². The van der Waals surface area contributed by atoms with Crippen LogP contribution in [-0.2, 0) is 21.2 Å².